The van der Waals surface area contributed by atoms with Gasteiger partial charge in [0.15, 0.2) is 24.4 Å². The van der Waals surface area contributed by atoms with Gasteiger partial charge in [0.05, 0.1) is 58.1 Å². The summed E-state index contributed by atoms with van der Waals surface area (Å²) in [7, 11) is 0. The molecule has 7 aromatic carbocycles. The van der Waals surface area contributed by atoms with Gasteiger partial charge in [0, 0.05) is 45.1 Å². The number of aliphatic imine (C=N–C) groups is 2. The van der Waals surface area contributed by atoms with Crippen LogP contribution in [0, 0.1) is 0 Å². The summed E-state index contributed by atoms with van der Waals surface area (Å²) in [5.41, 5.74) is 4.30. The van der Waals surface area contributed by atoms with Gasteiger partial charge in [-0.05, 0) is 51.1 Å². The predicted molar refractivity (Wildman–Crippen MR) is 448 cm³/mol. The van der Waals surface area contributed by atoms with E-state index in [2.05, 4.69) is 31.9 Å². The third kappa shape index (κ3) is 22.0. The zero-order valence-electron chi connectivity index (χ0n) is 68.7. The number of rotatable bonds is 27. The van der Waals surface area contributed by atoms with Crippen molar-refractivity contribution in [2.45, 2.75) is 199 Å². The molecule has 5 unspecified atom stereocenters. The van der Waals surface area contributed by atoms with Gasteiger partial charge in [-0.3, -0.25) is 28.8 Å². The van der Waals surface area contributed by atoms with Crippen LogP contribution in [0.3, 0.4) is 0 Å². The lowest BCUT2D eigenvalue weighted by molar-refractivity contribution is -0.352. The summed E-state index contributed by atoms with van der Waals surface area (Å²) >= 11 is 0. The van der Waals surface area contributed by atoms with E-state index in [-0.39, 0.29) is 56.5 Å². The standard InChI is InChI=1S/C89H108N12O25/c1-49(56-30-18-7-19-31-56)66-82(119)93-58(36-50-32-34-57(35-33-50)122-86-78(116)75(113)79(64(48-105)125-86)126-87-77(115)74(112)72(110)63(47-104)124-87)81(118)96-67(69(107)60-43-98(40-53-24-12-4-13-25-53)88(91-37-51-20-8-2-9-21-51)100(60)42-55-28-16-6-17-29-55)84(121)97-68(83(120)94-59(45-102)80(117)90-39-65(106)95-66)70(108)61-44-99(41-54-26-14-5-15-27-54)89(92-38-52-22-10-3-11-23-52)101(61)85-76(114)73(111)71(109)62(46-103)123-85/h2-35,49,58-64,66-79,85-87,102-105,107-116H,36-48H2,1H3,(H,90,117)(H,93,119)(H,94,120)(H,95,106)(H,96,118)(H,97,121)/t49?,58-,59+,60?,61?,62-,63-,64-,66+,67+,68-,69?,70?,71-,72-,73+,74+,75-,76+,77+,78+,79-,85+,86+,87-/m1/s1. The fourth-order valence-electron chi connectivity index (χ4n) is 16.4. The highest BCUT2D eigenvalue weighted by Crippen LogP contribution is 2.36. The first-order chi connectivity index (χ1) is 60.8. The molecule has 0 aromatic heterocycles. The van der Waals surface area contributed by atoms with E-state index in [1.54, 1.807) is 126 Å². The minimum Gasteiger partial charge on any atom is -0.462 e. The van der Waals surface area contributed by atoms with Gasteiger partial charge >= 0.3 is 0 Å². The van der Waals surface area contributed by atoms with Crippen LogP contribution in [0.15, 0.2) is 216 Å². The van der Waals surface area contributed by atoms with Gasteiger partial charge in [0.2, 0.25) is 41.7 Å². The second-order valence-electron chi connectivity index (χ2n) is 32.0. The summed E-state index contributed by atoms with van der Waals surface area (Å²) < 4.78 is 29.5. The number of ether oxygens (including phenoxy) is 5. The predicted octanol–water partition coefficient (Wildman–Crippen LogP) is -4.21. The van der Waals surface area contributed by atoms with Gasteiger partial charge in [-0.1, -0.05) is 201 Å². The van der Waals surface area contributed by atoms with Crippen LogP contribution in [0.1, 0.15) is 51.8 Å². The summed E-state index contributed by atoms with van der Waals surface area (Å²) in [5.74, 6) is -8.00. The molecule has 37 heteroatoms. The maximum atomic E-state index is 16.8. The Bertz CT molecular complexity index is 4780. The van der Waals surface area contributed by atoms with E-state index < -0.39 is 234 Å². The fraction of sp³-hybridized carbons (Fsp3) is 0.438. The molecule has 0 radical (unpaired) electrons. The Morgan fingerprint density at radius 3 is 1.40 bits per heavy atom. The second kappa shape index (κ2) is 43.0. The van der Waals surface area contributed by atoms with Gasteiger partial charge in [-0.15, -0.1) is 0 Å². The maximum Gasteiger partial charge on any atom is 0.246 e. The van der Waals surface area contributed by atoms with Crippen molar-refractivity contribution in [2.75, 3.05) is 46.1 Å². The Morgan fingerprint density at radius 1 is 0.413 bits per heavy atom. The lowest BCUT2D eigenvalue weighted by atomic mass is 9.92. The molecule has 0 spiro atoms. The Labute approximate surface area is 725 Å². The van der Waals surface area contributed by atoms with Gasteiger partial charge in [-0.25, -0.2) is 9.98 Å². The van der Waals surface area contributed by atoms with Crippen molar-refractivity contribution in [3.63, 3.8) is 0 Å². The molecule has 25 atom stereocenters. The molecular weight excluding hydrogens is 1640 g/mol. The molecule has 6 amide bonds. The van der Waals surface area contributed by atoms with Gasteiger partial charge < -0.3 is 147 Å². The van der Waals surface area contributed by atoms with Crippen LogP contribution in [0.25, 0.3) is 0 Å². The molecule has 674 valence electrons. The van der Waals surface area contributed by atoms with Crippen molar-refractivity contribution in [2.24, 2.45) is 9.98 Å². The third-order valence-corrected chi connectivity index (χ3v) is 23.4. The Balaban J connectivity index is 0.923. The monoisotopic (exact) mass is 1740 g/mol. The van der Waals surface area contributed by atoms with Crippen molar-refractivity contribution in [3.05, 3.63) is 245 Å². The lowest BCUT2D eigenvalue weighted by Gasteiger charge is -2.46. The molecule has 0 aliphatic carbocycles. The number of carbonyl (C=O) groups excluding carboxylic acids is 6. The van der Waals surface area contributed by atoms with E-state index in [4.69, 9.17) is 33.7 Å². The SMILES string of the molecule is CC(c1ccccc1)[C@@H]1NC(=O)CNC(=O)[C@H](CO)NC(=O)[C@@H](C(O)C2CN(Cc3ccccc3)C(=NCc3ccccc3)N2[C@H]2O[C@H](CO)[C@@H](O)[C@H](O)[C@@H]2O)NC(=O)[C@H](C(O)C2CN(Cc3ccccc3)C(=NCc3ccccc3)N2Cc2ccccc2)NC(=O)[C@@H](Cc2ccc(O[C@H]3O[C@H](CO)[C@@H](O[C@H]4O[C@H](CO)[C@@H](O)[C@H](O)[C@@H]4O)[C@H](O)[C@@H]3O)cc2)NC1=O. The first-order valence-corrected chi connectivity index (χ1v) is 41.6. The van der Waals surface area contributed by atoms with Crippen LogP contribution in [-0.2, 0) is 86.9 Å². The molecule has 0 saturated carbocycles. The molecule has 0 bridgehead atoms. The zero-order valence-corrected chi connectivity index (χ0v) is 68.7. The molecule has 6 aliphatic rings. The van der Waals surface area contributed by atoms with Crippen LogP contribution >= 0.6 is 0 Å². The average molecular weight is 1750 g/mol. The number of aliphatic hydroxyl groups excluding tert-OH is 14. The van der Waals surface area contributed by atoms with Gasteiger partial charge in [0.25, 0.3) is 0 Å². The molecular formula is C89H108N12O25. The molecule has 126 heavy (non-hydrogen) atoms. The van der Waals surface area contributed by atoms with Crippen molar-refractivity contribution in [1.29, 1.82) is 0 Å². The van der Waals surface area contributed by atoms with Gasteiger partial charge in [0.1, 0.15) is 121 Å². The number of amides is 6. The smallest absolute Gasteiger partial charge is 0.246 e. The highest BCUT2D eigenvalue weighted by Gasteiger charge is 2.57. The Kier molecular flexibility index (Phi) is 31.6. The fourth-order valence-corrected chi connectivity index (χ4v) is 16.4. The first kappa shape index (κ1) is 92.6. The minimum absolute atomic E-state index is 0.0127. The van der Waals surface area contributed by atoms with Crippen LogP contribution in [0.4, 0.5) is 0 Å². The van der Waals surface area contributed by atoms with E-state index >= 15 is 19.2 Å². The van der Waals surface area contributed by atoms with Crippen LogP contribution < -0.4 is 36.6 Å². The normalized spacial score (nSPS) is 31.2. The van der Waals surface area contributed by atoms with Crippen molar-refractivity contribution in [3.8, 4) is 5.75 Å². The number of benzene rings is 7. The number of carbonyl (C=O) groups is 6. The van der Waals surface area contributed by atoms with Crippen molar-refractivity contribution < 1.29 is 124 Å². The highest BCUT2D eigenvalue weighted by molar-refractivity contribution is 5.99. The Morgan fingerprint density at radius 2 is 0.857 bits per heavy atom. The number of guanidine groups is 2. The topological polar surface area (TPSA) is 542 Å². The van der Waals surface area contributed by atoms with E-state index in [0.29, 0.717) is 28.2 Å². The minimum atomic E-state index is -2.43. The number of nitrogens with one attached hydrogen (secondary N) is 6. The quantitative estimate of drug-likeness (QED) is 0.0232. The molecule has 6 saturated heterocycles. The van der Waals surface area contributed by atoms with E-state index in [1.165, 1.54) is 29.2 Å². The van der Waals surface area contributed by atoms with E-state index in [9.17, 15) is 81.1 Å². The molecule has 7 aromatic rings. The molecule has 6 aliphatic heterocycles. The van der Waals surface area contributed by atoms with E-state index in [1.807, 2.05) is 77.7 Å². The zero-order chi connectivity index (χ0) is 89.4. The summed E-state index contributed by atoms with van der Waals surface area (Å²) in [6.07, 6.45) is -32.4. The second-order valence-corrected chi connectivity index (χ2v) is 32.0. The average Bonchev–Trinajstić information content (AvgIpc) is 1.57. The molecule has 37 nitrogen and oxygen atoms in total. The number of aliphatic hydroxyl groups is 14. The molecule has 6 heterocycles. The number of hydrogen-bond acceptors (Lipinski definition) is 27. The maximum absolute atomic E-state index is 16.8. The van der Waals surface area contributed by atoms with Crippen LogP contribution in [0.5, 0.6) is 5.75 Å². The van der Waals surface area contributed by atoms with E-state index in [0.717, 1.165) is 11.1 Å². The first-order valence-electron chi connectivity index (χ1n) is 41.6. The largest absolute Gasteiger partial charge is 0.462 e. The number of nitrogens with zero attached hydrogens (tertiary/aromatic N) is 6. The molecule has 6 fully saturated rings. The summed E-state index contributed by atoms with van der Waals surface area (Å²) in [6.45, 7) is -3.58. The van der Waals surface area contributed by atoms with Gasteiger partial charge in [-0.2, -0.15) is 0 Å². The summed E-state index contributed by atoms with van der Waals surface area (Å²) in [6, 6.07) is 46.1. The van der Waals surface area contributed by atoms with Crippen LogP contribution in [-0.4, -0.2) is 331 Å². The van der Waals surface area contributed by atoms with Crippen molar-refractivity contribution in [1.82, 2.24) is 51.5 Å². The lowest BCUT2D eigenvalue weighted by Crippen LogP contribution is -2.69. The summed E-state index contributed by atoms with van der Waals surface area (Å²) in [4.78, 5) is 111. The number of hydrogen-bond donors (Lipinski definition) is 20. The van der Waals surface area contributed by atoms with Crippen molar-refractivity contribution >= 4 is 47.4 Å². The molecule has 20 N–H and O–H groups in total. The Hall–Kier alpha value is -11.0. The summed E-state index contributed by atoms with van der Waals surface area (Å²) in [5, 5.41) is 176. The third-order valence-electron chi connectivity index (χ3n) is 23.4. The highest BCUT2D eigenvalue weighted by atomic mass is 16.7. The molecule has 13 rings (SSSR count). The van der Waals surface area contributed by atoms with Crippen LogP contribution in [0.2, 0.25) is 0 Å².